The van der Waals surface area contributed by atoms with Crippen LogP contribution in [0, 0.1) is 0 Å². The highest BCUT2D eigenvalue weighted by molar-refractivity contribution is 5.88. The van der Waals surface area contributed by atoms with Gasteiger partial charge in [0.1, 0.15) is 30.8 Å². The molecule has 0 spiro atoms. The van der Waals surface area contributed by atoms with Crippen molar-refractivity contribution >= 4 is 11.6 Å². The van der Waals surface area contributed by atoms with E-state index in [-0.39, 0.29) is 12.5 Å². The first kappa shape index (κ1) is 18.8. The lowest BCUT2D eigenvalue weighted by Crippen LogP contribution is -2.33. The smallest absolute Gasteiger partial charge is 0.221 e. The van der Waals surface area contributed by atoms with E-state index in [1.807, 2.05) is 30.3 Å². The zero-order chi connectivity index (χ0) is 17.9. The van der Waals surface area contributed by atoms with Gasteiger partial charge >= 0.3 is 0 Å². The number of benzene rings is 2. The van der Waals surface area contributed by atoms with Crippen molar-refractivity contribution in [2.75, 3.05) is 31.6 Å². The monoisotopic (exact) mass is 344 g/mol. The Hall–Kier alpha value is -2.57. The Morgan fingerprint density at radius 2 is 1.72 bits per heavy atom. The molecule has 2 rings (SSSR count). The lowest BCUT2D eigenvalue weighted by molar-refractivity contribution is -0.114. The quantitative estimate of drug-likeness (QED) is 0.575. The van der Waals surface area contributed by atoms with Crippen LogP contribution in [0.25, 0.3) is 0 Å². The summed E-state index contributed by atoms with van der Waals surface area (Å²) in [7, 11) is 0. The number of para-hydroxylation sites is 1. The minimum absolute atomic E-state index is 0.119. The molecule has 2 aromatic carbocycles. The van der Waals surface area contributed by atoms with Crippen LogP contribution in [0.3, 0.4) is 0 Å². The number of rotatable bonds is 10. The zero-order valence-electron chi connectivity index (χ0n) is 14.3. The first-order chi connectivity index (χ1) is 12.1. The summed E-state index contributed by atoms with van der Waals surface area (Å²) in [4.78, 5) is 10.9. The van der Waals surface area contributed by atoms with Gasteiger partial charge in [-0.25, -0.2) is 0 Å². The molecule has 2 aromatic rings. The Bertz CT molecular complexity index is 632. The Morgan fingerprint density at radius 1 is 1.04 bits per heavy atom. The number of hydrogen-bond acceptors (Lipinski definition) is 5. The van der Waals surface area contributed by atoms with Gasteiger partial charge in [-0.2, -0.15) is 0 Å². The summed E-state index contributed by atoms with van der Waals surface area (Å²) in [6.45, 7) is 3.23. The third-order valence-electron chi connectivity index (χ3n) is 3.29. The molecular formula is C19H24N2O4. The molecule has 0 aliphatic rings. The lowest BCUT2D eigenvalue weighted by Gasteiger charge is -2.14. The summed E-state index contributed by atoms with van der Waals surface area (Å²) in [5, 5.41) is 15.7. The molecule has 0 saturated heterocycles. The molecule has 1 atom stereocenters. The summed E-state index contributed by atoms with van der Waals surface area (Å²) >= 11 is 0. The number of amides is 1. The molecule has 25 heavy (non-hydrogen) atoms. The first-order valence-corrected chi connectivity index (χ1v) is 8.20. The van der Waals surface area contributed by atoms with Crippen molar-refractivity contribution in [3.05, 3.63) is 54.6 Å². The van der Waals surface area contributed by atoms with Crippen LogP contribution in [0.2, 0.25) is 0 Å². The summed E-state index contributed by atoms with van der Waals surface area (Å²) < 4.78 is 11.1. The van der Waals surface area contributed by atoms with E-state index >= 15 is 0 Å². The molecule has 0 fully saturated rings. The standard InChI is InChI=1S/C19H24N2O4/c1-15(22)21-16-7-9-19(10-8-16)25-14-17(23)13-20-11-12-24-18-5-3-2-4-6-18/h2-10,17,20,23H,11-14H2,1H3,(H,21,22). The highest BCUT2D eigenvalue weighted by Gasteiger charge is 2.05. The van der Waals surface area contributed by atoms with Gasteiger partial charge in [-0.3, -0.25) is 4.79 Å². The highest BCUT2D eigenvalue weighted by Crippen LogP contribution is 2.15. The van der Waals surface area contributed by atoms with Crippen LogP contribution in [0.5, 0.6) is 11.5 Å². The molecule has 0 aliphatic heterocycles. The third-order valence-corrected chi connectivity index (χ3v) is 3.29. The van der Waals surface area contributed by atoms with Crippen molar-refractivity contribution in [2.24, 2.45) is 0 Å². The van der Waals surface area contributed by atoms with Crippen LogP contribution in [0.15, 0.2) is 54.6 Å². The van der Waals surface area contributed by atoms with Crippen LogP contribution in [-0.4, -0.2) is 43.4 Å². The van der Waals surface area contributed by atoms with Crippen LogP contribution in [0.1, 0.15) is 6.92 Å². The number of anilines is 1. The van der Waals surface area contributed by atoms with Gasteiger partial charge < -0.3 is 25.2 Å². The molecule has 0 radical (unpaired) electrons. The van der Waals surface area contributed by atoms with E-state index in [0.717, 1.165) is 5.75 Å². The average molecular weight is 344 g/mol. The predicted octanol–water partition coefficient (Wildman–Crippen LogP) is 2.05. The van der Waals surface area contributed by atoms with Gasteiger partial charge in [-0.15, -0.1) is 0 Å². The molecule has 134 valence electrons. The van der Waals surface area contributed by atoms with E-state index in [1.54, 1.807) is 24.3 Å². The number of nitrogens with one attached hydrogen (secondary N) is 2. The number of hydrogen-bond donors (Lipinski definition) is 3. The van der Waals surface area contributed by atoms with E-state index in [9.17, 15) is 9.90 Å². The second-order valence-electron chi connectivity index (χ2n) is 5.54. The average Bonchev–Trinajstić information content (AvgIpc) is 2.61. The van der Waals surface area contributed by atoms with E-state index in [2.05, 4.69) is 10.6 Å². The van der Waals surface area contributed by atoms with E-state index in [0.29, 0.717) is 31.1 Å². The molecule has 6 nitrogen and oxygen atoms in total. The molecule has 0 bridgehead atoms. The van der Waals surface area contributed by atoms with Gasteiger partial charge in [-0.1, -0.05) is 18.2 Å². The van der Waals surface area contributed by atoms with Crippen LogP contribution in [0.4, 0.5) is 5.69 Å². The number of ether oxygens (including phenoxy) is 2. The van der Waals surface area contributed by atoms with Crippen molar-refractivity contribution in [1.82, 2.24) is 5.32 Å². The van der Waals surface area contributed by atoms with Crippen LogP contribution >= 0.6 is 0 Å². The Labute approximate surface area is 147 Å². The number of aliphatic hydroxyl groups is 1. The van der Waals surface area contributed by atoms with Crippen molar-refractivity contribution in [3.8, 4) is 11.5 Å². The summed E-state index contributed by atoms with van der Waals surface area (Å²) in [5.74, 6) is 1.35. The topological polar surface area (TPSA) is 79.8 Å². The SMILES string of the molecule is CC(=O)Nc1ccc(OCC(O)CNCCOc2ccccc2)cc1. The lowest BCUT2D eigenvalue weighted by atomic mass is 10.3. The first-order valence-electron chi connectivity index (χ1n) is 8.20. The summed E-state index contributed by atoms with van der Waals surface area (Å²) in [5.41, 5.74) is 0.709. The van der Waals surface area contributed by atoms with Gasteiger partial charge in [0, 0.05) is 25.7 Å². The van der Waals surface area contributed by atoms with Crippen molar-refractivity contribution in [1.29, 1.82) is 0 Å². The molecule has 1 amide bonds. The Balaban J connectivity index is 1.57. The number of carbonyl (C=O) groups is 1. The Kier molecular flexibility index (Phi) is 7.75. The fraction of sp³-hybridized carbons (Fsp3) is 0.316. The maximum atomic E-state index is 10.9. The van der Waals surface area contributed by atoms with Gasteiger partial charge in [0.25, 0.3) is 0 Å². The zero-order valence-corrected chi connectivity index (χ0v) is 14.3. The largest absolute Gasteiger partial charge is 0.492 e. The minimum atomic E-state index is -0.619. The fourth-order valence-electron chi connectivity index (χ4n) is 2.12. The molecule has 0 heterocycles. The predicted molar refractivity (Wildman–Crippen MR) is 97.1 cm³/mol. The van der Waals surface area contributed by atoms with Crippen molar-refractivity contribution < 1.29 is 19.4 Å². The van der Waals surface area contributed by atoms with E-state index < -0.39 is 6.10 Å². The normalized spacial score (nSPS) is 11.6. The van der Waals surface area contributed by atoms with Crippen molar-refractivity contribution in [3.63, 3.8) is 0 Å². The minimum Gasteiger partial charge on any atom is -0.492 e. The fourth-order valence-corrected chi connectivity index (χ4v) is 2.12. The maximum Gasteiger partial charge on any atom is 0.221 e. The maximum absolute atomic E-state index is 10.9. The molecule has 0 aromatic heterocycles. The molecular weight excluding hydrogens is 320 g/mol. The van der Waals surface area contributed by atoms with Gasteiger partial charge in [0.2, 0.25) is 5.91 Å². The van der Waals surface area contributed by atoms with Gasteiger partial charge in [0.05, 0.1) is 0 Å². The number of aliphatic hydroxyl groups excluding tert-OH is 1. The van der Waals surface area contributed by atoms with Crippen LogP contribution in [-0.2, 0) is 4.79 Å². The van der Waals surface area contributed by atoms with Gasteiger partial charge in [0.15, 0.2) is 0 Å². The second-order valence-corrected chi connectivity index (χ2v) is 5.54. The van der Waals surface area contributed by atoms with Gasteiger partial charge in [-0.05, 0) is 36.4 Å². The number of carbonyl (C=O) groups excluding carboxylic acids is 1. The van der Waals surface area contributed by atoms with E-state index in [1.165, 1.54) is 6.92 Å². The van der Waals surface area contributed by atoms with Crippen LogP contribution < -0.4 is 20.1 Å². The molecule has 1 unspecified atom stereocenters. The van der Waals surface area contributed by atoms with Crippen molar-refractivity contribution in [2.45, 2.75) is 13.0 Å². The second kappa shape index (κ2) is 10.3. The highest BCUT2D eigenvalue weighted by atomic mass is 16.5. The molecule has 0 saturated carbocycles. The third kappa shape index (κ3) is 7.69. The summed E-state index contributed by atoms with van der Waals surface area (Å²) in [6.07, 6.45) is -0.619. The van der Waals surface area contributed by atoms with E-state index in [4.69, 9.17) is 9.47 Å². The molecule has 3 N–H and O–H groups in total. The Morgan fingerprint density at radius 3 is 2.40 bits per heavy atom. The summed E-state index contributed by atoms with van der Waals surface area (Å²) in [6, 6.07) is 16.6. The molecule has 6 heteroatoms. The molecule has 0 aliphatic carbocycles.